The van der Waals surface area contributed by atoms with Crippen molar-refractivity contribution in [3.8, 4) is 0 Å². The maximum atomic E-state index is 12.7. The smallest absolute Gasteiger partial charge is 0.335 e. The minimum absolute atomic E-state index is 0.289. The van der Waals surface area contributed by atoms with Gasteiger partial charge in [-0.1, -0.05) is 30.3 Å². The zero-order chi connectivity index (χ0) is 12.3. The van der Waals surface area contributed by atoms with E-state index in [4.69, 9.17) is 5.11 Å². The zero-order valence-electron chi connectivity index (χ0n) is 9.06. The molecule has 0 saturated carbocycles. The van der Waals surface area contributed by atoms with Crippen molar-refractivity contribution in [3.63, 3.8) is 0 Å². The Labute approximate surface area is 98.3 Å². The number of hydrogen-bond acceptors (Lipinski definition) is 1. The molecule has 0 aliphatic carbocycles. The second-order valence-electron chi connectivity index (χ2n) is 3.77. The lowest BCUT2D eigenvalue weighted by Gasteiger charge is -2.05. The molecule has 0 saturated heterocycles. The topological polar surface area (TPSA) is 37.3 Å². The van der Waals surface area contributed by atoms with Crippen molar-refractivity contribution in [2.24, 2.45) is 0 Å². The van der Waals surface area contributed by atoms with E-state index in [-0.39, 0.29) is 11.4 Å². The molecule has 17 heavy (non-hydrogen) atoms. The van der Waals surface area contributed by atoms with Gasteiger partial charge in [0.05, 0.1) is 5.56 Å². The van der Waals surface area contributed by atoms with Gasteiger partial charge in [-0.05, 0) is 35.7 Å². The normalized spacial score (nSPS) is 10.2. The quantitative estimate of drug-likeness (QED) is 0.879. The van der Waals surface area contributed by atoms with Crippen LogP contribution < -0.4 is 0 Å². The van der Waals surface area contributed by atoms with Crippen LogP contribution in [0.5, 0.6) is 0 Å². The molecule has 0 atom stereocenters. The Morgan fingerprint density at radius 3 is 2.35 bits per heavy atom. The van der Waals surface area contributed by atoms with Crippen LogP contribution >= 0.6 is 0 Å². The summed E-state index contributed by atoms with van der Waals surface area (Å²) < 4.78 is 12.7. The molecule has 0 unspecified atom stereocenters. The fraction of sp³-hybridized carbons (Fsp3) is 0.0714. The molecule has 2 aromatic carbocycles. The van der Waals surface area contributed by atoms with Gasteiger partial charge in [0.15, 0.2) is 0 Å². The first-order valence-electron chi connectivity index (χ1n) is 5.22. The van der Waals surface area contributed by atoms with Crippen LogP contribution in [0, 0.1) is 5.82 Å². The van der Waals surface area contributed by atoms with Crippen molar-refractivity contribution in [1.29, 1.82) is 0 Å². The van der Waals surface area contributed by atoms with Crippen LogP contribution in [0.25, 0.3) is 0 Å². The van der Waals surface area contributed by atoms with E-state index in [2.05, 4.69) is 0 Å². The third-order valence-corrected chi connectivity index (χ3v) is 2.56. The summed E-state index contributed by atoms with van der Waals surface area (Å²) in [6.45, 7) is 0. The molecule has 0 heterocycles. The summed E-state index contributed by atoms with van der Waals surface area (Å²) in [5.74, 6) is -1.23. The van der Waals surface area contributed by atoms with Gasteiger partial charge in [-0.25, -0.2) is 9.18 Å². The summed E-state index contributed by atoms with van der Waals surface area (Å²) in [6.07, 6.45) is 0.489. The SMILES string of the molecule is O=C(O)c1ccccc1Cc1ccc(F)cc1. The summed E-state index contributed by atoms with van der Waals surface area (Å²) in [5.41, 5.74) is 1.91. The van der Waals surface area contributed by atoms with Crippen LogP contribution in [0.15, 0.2) is 48.5 Å². The van der Waals surface area contributed by atoms with Crippen molar-refractivity contribution in [2.75, 3.05) is 0 Å². The minimum Gasteiger partial charge on any atom is -0.478 e. The first kappa shape index (κ1) is 11.3. The Hall–Kier alpha value is -2.16. The van der Waals surface area contributed by atoms with E-state index in [1.165, 1.54) is 12.1 Å². The van der Waals surface area contributed by atoms with Crippen molar-refractivity contribution < 1.29 is 14.3 Å². The lowest BCUT2D eigenvalue weighted by atomic mass is 10.00. The van der Waals surface area contributed by atoms with Crippen LogP contribution in [-0.2, 0) is 6.42 Å². The van der Waals surface area contributed by atoms with Crippen LogP contribution in [0.3, 0.4) is 0 Å². The molecule has 0 spiro atoms. The maximum Gasteiger partial charge on any atom is 0.335 e. The minimum atomic E-state index is -0.942. The Bertz CT molecular complexity index is 532. The molecule has 1 N–H and O–H groups in total. The summed E-state index contributed by atoms with van der Waals surface area (Å²) in [4.78, 5) is 11.0. The molecule has 86 valence electrons. The Kier molecular flexibility index (Phi) is 3.19. The number of carboxylic acids is 1. The Morgan fingerprint density at radius 1 is 1.06 bits per heavy atom. The third kappa shape index (κ3) is 2.69. The van der Waals surface area contributed by atoms with Gasteiger partial charge in [0.2, 0.25) is 0 Å². The molecular weight excluding hydrogens is 219 g/mol. The summed E-state index contributed by atoms with van der Waals surface area (Å²) in [6, 6.07) is 12.9. The van der Waals surface area contributed by atoms with E-state index in [1.54, 1.807) is 36.4 Å². The van der Waals surface area contributed by atoms with Gasteiger partial charge in [0.1, 0.15) is 5.82 Å². The van der Waals surface area contributed by atoms with Gasteiger partial charge in [0.25, 0.3) is 0 Å². The molecule has 0 amide bonds. The number of hydrogen-bond donors (Lipinski definition) is 1. The van der Waals surface area contributed by atoms with E-state index in [9.17, 15) is 9.18 Å². The molecule has 0 radical (unpaired) electrons. The van der Waals surface area contributed by atoms with Crippen LogP contribution in [0.4, 0.5) is 4.39 Å². The molecule has 0 bridgehead atoms. The predicted molar refractivity (Wildman–Crippen MR) is 62.6 cm³/mol. The predicted octanol–water partition coefficient (Wildman–Crippen LogP) is 3.11. The van der Waals surface area contributed by atoms with E-state index < -0.39 is 5.97 Å². The summed E-state index contributed by atoms with van der Waals surface area (Å²) in [7, 11) is 0. The van der Waals surface area contributed by atoms with Crippen molar-refractivity contribution in [1.82, 2.24) is 0 Å². The second-order valence-corrected chi connectivity index (χ2v) is 3.77. The van der Waals surface area contributed by atoms with Gasteiger partial charge in [-0.3, -0.25) is 0 Å². The van der Waals surface area contributed by atoms with Gasteiger partial charge in [-0.15, -0.1) is 0 Å². The molecule has 0 fully saturated rings. The first-order valence-corrected chi connectivity index (χ1v) is 5.22. The first-order chi connectivity index (χ1) is 8.16. The van der Waals surface area contributed by atoms with Crippen molar-refractivity contribution in [3.05, 3.63) is 71.0 Å². The fourth-order valence-corrected chi connectivity index (χ4v) is 1.71. The highest BCUT2D eigenvalue weighted by molar-refractivity contribution is 5.89. The van der Waals surface area contributed by atoms with Crippen LogP contribution in [-0.4, -0.2) is 11.1 Å². The van der Waals surface area contributed by atoms with Gasteiger partial charge in [-0.2, -0.15) is 0 Å². The van der Waals surface area contributed by atoms with Gasteiger partial charge >= 0.3 is 5.97 Å². The Balaban J connectivity index is 2.30. The highest BCUT2D eigenvalue weighted by Crippen LogP contribution is 2.14. The van der Waals surface area contributed by atoms with E-state index >= 15 is 0 Å². The van der Waals surface area contributed by atoms with Crippen molar-refractivity contribution in [2.45, 2.75) is 6.42 Å². The molecule has 0 aromatic heterocycles. The van der Waals surface area contributed by atoms with Crippen LogP contribution in [0.2, 0.25) is 0 Å². The van der Waals surface area contributed by atoms with Gasteiger partial charge in [0, 0.05) is 0 Å². The van der Waals surface area contributed by atoms with Crippen LogP contribution in [0.1, 0.15) is 21.5 Å². The average molecular weight is 230 g/mol. The molecule has 0 aliphatic heterocycles. The van der Waals surface area contributed by atoms with Gasteiger partial charge < -0.3 is 5.11 Å². The number of carboxylic acid groups (broad SMARTS) is 1. The third-order valence-electron chi connectivity index (χ3n) is 2.56. The standard InChI is InChI=1S/C14H11FO2/c15-12-7-5-10(6-8-12)9-11-3-1-2-4-13(11)14(16)17/h1-8H,9H2,(H,16,17). The van der Waals surface area contributed by atoms with E-state index in [0.29, 0.717) is 6.42 Å². The number of aromatic carboxylic acids is 1. The number of halogens is 1. The lowest BCUT2D eigenvalue weighted by molar-refractivity contribution is 0.0696. The number of benzene rings is 2. The zero-order valence-corrected chi connectivity index (χ0v) is 9.06. The van der Waals surface area contributed by atoms with Crippen molar-refractivity contribution >= 4 is 5.97 Å². The fourth-order valence-electron chi connectivity index (χ4n) is 1.71. The average Bonchev–Trinajstić information content (AvgIpc) is 2.32. The Morgan fingerprint density at radius 2 is 1.71 bits per heavy atom. The van der Waals surface area contributed by atoms with E-state index in [1.807, 2.05) is 0 Å². The largest absolute Gasteiger partial charge is 0.478 e. The molecule has 3 heteroatoms. The molecule has 2 rings (SSSR count). The summed E-state index contributed by atoms with van der Waals surface area (Å²) >= 11 is 0. The molecule has 2 aromatic rings. The molecular formula is C14H11FO2. The second kappa shape index (κ2) is 4.78. The molecule has 2 nitrogen and oxygen atoms in total. The lowest BCUT2D eigenvalue weighted by Crippen LogP contribution is -2.02. The monoisotopic (exact) mass is 230 g/mol. The molecule has 0 aliphatic rings. The van der Waals surface area contributed by atoms with E-state index in [0.717, 1.165) is 11.1 Å². The highest BCUT2D eigenvalue weighted by Gasteiger charge is 2.09. The highest BCUT2D eigenvalue weighted by atomic mass is 19.1. The number of carbonyl (C=O) groups is 1. The number of rotatable bonds is 3. The maximum absolute atomic E-state index is 12.7. The summed E-state index contributed by atoms with van der Waals surface area (Å²) in [5, 5.41) is 9.03.